The summed E-state index contributed by atoms with van der Waals surface area (Å²) in [5.74, 6) is 0. The van der Waals surface area contributed by atoms with Crippen LogP contribution in [0.15, 0.2) is 18.2 Å². The largest absolute Gasteiger partial charge is 0.385 e. The van der Waals surface area contributed by atoms with Crippen molar-refractivity contribution in [1.82, 2.24) is 4.98 Å². The zero-order chi connectivity index (χ0) is 12.3. The monoisotopic (exact) mass is 250 g/mol. The number of ether oxygens (including phenoxy) is 1. The first-order valence-electron chi connectivity index (χ1n) is 5.82. The van der Waals surface area contributed by atoms with E-state index in [0.717, 1.165) is 30.0 Å². The molecule has 0 fully saturated rings. The number of methoxy groups -OCH3 is 1. The molecule has 0 spiro atoms. The van der Waals surface area contributed by atoms with Crippen LogP contribution in [0.4, 0.5) is 0 Å². The van der Waals surface area contributed by atoms with E-state index in [1.165, 1.54) is 10.3 Å². The molecular formula is C13H18N2OS. The van der Waals surface area contributed by atoms with Crippen LogP contribution >= 0.6 is 11.3 Å². The van der Waals surface area contributed by atoms with Crippen molar-refractivity contribution < 1.29 is 4.74 Å². The number of nitrogens with two attached hydrogens (primary N) is 1. The summed E-state index contributed by atoms with van der Waals surface area (Å²) in [6.07, 6.45) is 1.90. The molecule has 3 nitrogen and oxygen atoms in total. The molecule has 1 unspecified atom stereocenters. The maximum Gasteiger partial charge on any atom is 0.111 e. The highest BCUT2D eigenvalue weighted by Gasteiger charge is 2.11. The number of fused-ring (bicyclic) bond motifs is 1. The Morgan fingerprint density at radius 2 is 2.29 bits per heavy atom. The Labute approximate surface area is 106 Å². The summed E-state index contributed by atoms with van der Waals surface area (Å²) >= 11 is 1.70. The van der Waals surface area contributed by atoms with Gasteiger partial charge in [0.25, 0.3) is 0 Å². The number of aryl methyl sites for hydroxylation is 1. The normalized spacial score (nSPS) is 13.1. The molecule has 17 heavy (non-hydrogen) atoms. The fourth-order valence-corrected chi connectivity index (χ4v) is 2.77. The summed E-state index contributed by atoms with van der Waals surface area (Å²) in [4.78, 5) is 4.60. The minimum Gasteiger partial charge on any atom is -0.385 e. The molecule has 0 bridgehead atoms. The van der Waals surface area contributed by atoms with E-state index >= 15 is 0 Å². The Bertz CT molecular complexity index is 495. The van der Waals surface area contributed by atoms with Crippen LogP contribution in [0.2, 0.25) is 0 Å². The molecule has 0 aliphatic carbocycles. The highest BCUT2D eigenvalue weighted by Crippen LogP contribution is 2.27. The molecule has 0 aliphatic heterocycles. The Hall–Kier alpha value is -0.970. The van der Waals surface area contributed by atoms with Gasteiger partial charge in [0.05, 0.1) is 16.3 Å². The number of nitrogens with zero attached hydrogens (tertiary/aromatic N) is 1. The molecule has 1 heterocycles. The van der Waals surface area contributed by atoms with Crippen molar-refractivity contribution in [2.75, 3.05) is 13.7 Å². The van der Waals surface area contributed by atoms with E-state index in [0.29, 0.717) is 0 Å². The molecule has 0 amide bonds. The molecule has 0 aliphatic rings. The van der Waals surface area contributed by atoms with E-state index in [1.807, 2.05) is 0 Å². The summed E-state index contributed by atoms with van der Waals surface area (Å²) in [6.45, 7) is 2.84. The third-order valence-corrected chi connectivity index (χ3v) is 3.91. The van der Waals surface area contributed by atoms with Gasteiger partial charge in [0.15, 0.2) is 0 Å². The van der Waals surface area contributed by atoms with Crippen LogP contribution in [0.5, 0.6) is 0 Å². The zero-order valence-corrected chi connectivity index (χ0v) is 11.1. The van der Waals surface area contributed by atoms with Crippen LogP contribution in [0, 0.1) is 6.92 Å². The standard InChI is InChI=1S/C13H18N2OS/c1-9-5-6-12-11(8-9)15-13(17-12)10(14)4-3-7-16-2/h5-6,8,10H,3-4,7,14H2,1-2H3. The number of thiazole rings is 1. The minimum absolute atomic E-state index is 0.0304. The van der Waals surface area contributed by atoms with Crippen LogP contribution in [0.1, 0.15) is 29.5 Å². The molecule has 2 rings (SSSR count). The summed E-state index contributed by atoms with van der Waals surface area (Å²) in [6, 6.07) is 6.37. The fourth-order valence-electron chi connectivity index (χ4n) is 1.78. The van der Waals surface area contributed by atoms with Gasteiger partial charge in [-0.1, -0.05) is 6.07 Å². The molecule has 0 saturated heterocycles. The molecule has 1 atom stereocenters. The van der Waals surface area contributed by atoms with E-state index in [1.54, 1.807) is 18.4 Å². The second-order valence-corrected chi connectivity index (χ2v) is 5.33. The summed E-state index contributed by atoms with van der Waals surface area (Å²) in [5, 5.41) is 1.03. The lowest BCUT2D eigenvalue weighted by Crippen LogP contribution is -2.10. The predicted molar refractivity (Wildman–Crippen MR) is 72.4 cm³/mol. The molecule has 4 heteroatoms. The molecule has 1 aromatic heterocycles. The second-order valence-electron chi connectivity index (χ2n) is 4.26. The number of hydrogen-bond acceptors (Lipinski definition) is 4. The topological polar surface area (TPSA) is 48.1 Å². The van der Waals surface area contributed by atoms with Gasteiger partial charge in [-0.2, -0.15) is 0 Å². The van der Waals surface area contributed by atoms with Gasteiger partial charge >= 0.3 is 0 Å². The van der Waals surface area contributed by atoms with Gasteiger partial charge in [0, 0.05) is 13.7 Å². The maximum atomic E-state index is 6.13. The lowest BCUT2D eigenvalue weighted by atomic mass is 10.2. The van der Waals surface area contributed by atoms with Crippen molar-refractivity contribution >= 4 is 21.6 Å². The molecule has 92 valence electrons. The van der Waals surface area contributed by atoms with Crippen molar-refractivity contribution in [3.63, 3.8) is 0 Å². The van der Waals surface area contributed by atoms with E-state index in [-0.39, 0.29) is 6.04 Å². The average Bonchev–Trinajstić information content (AvgIpc) is 2.72. The predicted octanol–water partition coefficient (Wildman–Crippen LogP) is 3.03. The molecule has 2 N–H and O–H groups in total. The SMILES string of the molecule is COCCCC(N)c1nc2cc(C)ccc2s1. The quantitative estimate of drug-likeness (QED) is 0.830. The highest BCUT2D eigenvalue weighted by atomic mass is 32.1. The van der Waals surface area contributed by atoms with Gasteiger partial charge < -0.3 is 10.5 Å². The van der Waals surface area contributed by atoms with Gasteiger partial charge in [0.1, 0.15) is 5.01 Å². The molecule has 2 aromatic rings. The third-order valence-electron chi connectivity index (χ3n) is 2.74. The van der Waals surface area contributed by atoms with E-state index in [9.17, 15) is 0 Å². The summed E-state index contributed by atoms with van der Waals surface area (Å²) in [5.41, 5.74) is 8.43. The van der Waals surface area contributed by atoms with Gasteiger partial charge in [0.2, 0.25) is 0 Å². The van der Waals surface area contributed by atoms with Crippen LogP contribution in [-0.4, -0.2) is 18.7 Å². The fraction of sp³-hybridized carbons (Fsp3) is 0.462. The van der Waals surface area contributed by atoms with Crippen molar-refractivity contribution in [1.29, 1.82) is 0 Å². The molecular weight excluding hydrogens is 232 g/mol. The van der Waals surface area contributed by atoms with Crippen LogP contribution in [-0.2, 0) is 4.74 Å². The number of rotatable bonds is 5. The Balaban J connectivity index is 2.12. The summed E-state index contributed by atoms with van der Waals surface area (Å²) < 4.78 is 6.25. The van der Waals surface area contributed by atoms with Crippen molar-refractivity contribution in [3.05, 3.63) is 28.8 Å². The zero-order valence-electron chi connectivity index (χ0n) is 10.3. The molecule has 0 saturated carbocycles. The minimum atomic E-state index is 0.0304. The lowest BCUT2D eigenvalue weighted by Gasteiger charge is -2.06. The smallest absolute Gasteiger partial charge is 0.111 e. The number of benzene rings is 1. The molecule has 1 aromatic carbocycles. The Morgan fingerprint density at radius 3 is 3.06 bits per heavy atom. The maximum absolute atomic E-state index is 6.13. The highest BCUT2D eigenvalue weighted by molar-refractivity contribution is 7.18. The van der Waals surface area contributed by atoms with E-state index in [4.69, 9.17) is 10.5 Å². The second kappa shape index (κ2) is 5.58. The van der Waals surface area contributed by atoms with Crippen LogP contribution in [0.25, 0.3) is 10.2 Å². The number of aromatic nitrogens is 1. The summed E-state index contributed by atoms with van der Waals surface area (Å²) in [7, 11) is 1.71. The third kappa shape index (κ3) is 3.03. The van der Waals surface area contributed by atoms with Crippen molar-refractivity contribution in [2.45, 2.75) is 25.8 Å². The molecule has 0 radical (unpaired) electrons. The first-order chi connectivity index (χ1) is 8.20. The Morgan fingerprint density at radius 1 is 1.47 bits per heavy atom. The van der Waals surface area contributed by atoms with Crippen molar-refractivity contribution in [3.8, 4) is 0 Å². The first kappa shape index (κ1) is 12.5. The van der Waals surface area contributed by atoms with E-state index < -0.39 is 0 Å². The van der Waals surface area contributed by atoms with Gasteiger partial charge in [-0.3, -0.25) is 0 Å². The van der Waals surface area contributed by atoms with E-state index in [2.05, 4.69) is 30.1 Å². The lowest BCUT2D eigenvalue weighted by molar-refractivity contribution is 0.190. The van der Waals surface area contributed by atoms with Crippen LogP contribution in [0.3, 0.4) is 0 Å². The number of hydrogen-bond donors (Lipinski definition) is 1. The van der Waals surface area contributed by atoms with Crippen molar-refractivity contribution in [2.24, 2.45) is 5.73 Å². The Kier molecular flexibility index (Phi) is 4.10. The van der Waals surface area contributed by atoms with Gasteiger partial charge in [-0.05, 0) is 37.5 Å². The first-order valence-corrected chi connectivity index (χ1v) is 6.64. The van der Waals surface area contributed by atoms with Gasteiger partial charge in [-0.15, -0.1) is 11.3 Å². The van der Waals surface area contributed by atoms with Crippen LogP contribution < -0.4 is 5.73 Å². The average molecular weight is 250 g/mol. The van der Waals surface area contributed by atoms with Gasteiger partial charge in [-0.25, -0.2) is 4.98 Å².